The number of aromatic nitrogens is 1. The van der Waals surface area contributed by atoms with Crippen LogP contribution in [-0.2, 0) is 5.41 Å². The molecule has 4 heteroatoms. The fraction of sp³-hybridized carbons (Fsp3) is 0.294. The van der Waals surface area contributed by atoms with E-state index in [2.05, 4.69) is 38.7 Å². The molecule has 2 aromatic rings. The van der Waals surface area contributed by atoms with Crippen LogP contribution in [0.25, 0.3) is 0 Å². The van der Waals surface area contributed by atoms with Gasteiger partial charge in [0.15, 0.2) is 0 Å². The van der Waals surface area contributed by atoms with Gasteiger partial charge in [-0.15, -0.1) is 0 Å². The van der Waals surface area contributed by atoms with Crippen LogP contribution in [0.4, 0.5) is 0 Å². The molecule has 0 amide bonds. The molecule has 1 aromatic carbocycles. The van der Waals surface area contributed by atoms with Crippen LogP contribution in [0, 0.1) is 12.3 Å². The zero-order valence-electron chi connectivity index (χ0n) is 12.9. The van der Waals surface area contributed by atoms with Gasteiger partial charge in [-0.05, 0) is 24.5 Å². The van der Waals surface area contributed by atoms with Gasteiger partial charge in [0.05, 0.1) is 0 Å². The van der Waals surface area contributed by atoms with Crippen LogP contribution < -0.4 is 10.5 Å². The van der Waals surface area contributed by atoms with Gasteiger partial charge in [0.2, 0.25) is 0 Å². The highest BCUT2D eigenvalue weighted by Gasteiger charge is 2.19. The molecule has 3 N–H and O–H groups in total. The number of nitrogens with zero attached hydrogens (tertiary/aromatic N) is 1. The van der Waals surface area contributed by atoms with Crippen molar-refractivity contribution in [2.45, 2.75) is 33.1 Å². The molecular formula is C17H21N3O. The average Bonchev–Trinajstić information content (AvgIpc) is 2.40. The maximum absolute atomic E-state index is 7.44. The third-order valence-electron chi connectivity index (χ3n) is 3.18. The van der Waals surface area contributed by atoms with Gasteiger partial charge in [0.1, 0.15) is 23.0 Å². The third kappa shape index (κ3) is 3.60. The molecule has 0 saturated carbocycles. The highest BCUT2D eigenvalue weighted by atomic mass is 16.5. The van der Waals surface area contributed by atoms with Gasteiger partial charge in [-0.2, -0.15) is 0 Å². The highest BCUT2D eigenvalue weighted by Crippen LogP contribution is 2.34. The summed E-state index contributed by atoms with van der Waals surface area (Å²) in [7, 11) is 0. The fourth-order valence-corrected chi connectivity index (χ4v) is 2.07. The predicted molar refractivity (Wildman–Crippen MR) is 85.2 cm³/mol. The van der Waals surface area contributed by atoms with E-state index in [1.165, 1.54) is 5.56 Å². The van der Waals surface area contributed by atoms with Crippen LogP contribution in [0.15, 0.2) is 36.5 Å². The van der Waals surface area contributed by atoms with Crippen molar-refractivity contribution in [1.82, 2.24) is 4.98 Å². The van der Waals surface area contributed by atoms with Crippen molar-refractivity contribution in [3.8, 4) is 11.5 Å². The molecule has 0 aliphatic carbocycles. The molecule has 0 fully saturated rings. The number of nitrogens with two attached hydrogens (primary N) is 1. The summed E-state index contributed by atoms with van der Waals surface area (Å²) in [5.74, 6) is 1.37. The Kier molecular flexibility index (Phi) is 3.98. The smallest absolute Gasteiger partial charge is 0.141 e. The van der Waals surface area contributed by atoms with Gasteiger partial charge < -0.3 is 10.5 Å². The second-order valence-corrected chi connectivity index (χ2v) is 6.14. The summed E-state index contributed by atoms with van der Waals surface area (Å²) in [6, 6.07) is 9.58. The number of amidine groups is 1. The van der Waals surface area contributed by atoms with Crippen LogP contribution in [-0.4, -0.2) is 10.8 Å². The molecule has 1 heterocycles. The monoisotopic (exact) mass is 283 g/mol. The average molecular weight is 283 g/mol. The van der Waals surface area contributed by atoms with E-state index in [4.69, 9.17) is 15.9 Å². The normalized spacial score (nSPS) is 11.2. The number of benzene rings is 1. The van der Waals surface area contributed by atoms with Crippen LogP contribution >= 0.6 is 0 Å². The number of nitrogen functional groups attached to an aromatic ring is 1. The number of nitrogens with one attached hydrogen (secondary N) is 1. The zero-order chi connectivity index (χ0) is 15.6. The van der Waals surface area contributed by atoms with E-state index >= 15 is 0 Å². The Morgan fingerprint density at radius 1 is 1.19 bits per heavy atom. The lowest BCUT2D eigenvalue weighted by Crippen LogP contribution is -2.14. The Morgan fingerprint density at radius 2 is 1.90 bits per heavy atom. The summed E-state index contributed by atoms with van der Waals surface area (Å²) in [5.41, 5.74) is 8.20. The summed E-state index contributed by atoms with van der Waals surface area (Å²) in [6.45, 7) is 8.53. The first-order valence-electron chi connectivity index (χ1n) is 6.87. The molecule has 4 nitrogen and oxygen atoms in total. The molecule has 0 radical (unpaired) electrons. The molecule has 0 atom stereocenters. The molecule has 2 rings (SSSR count). The summed E-state index contributed by atoms with van der Waals surface area (Å²) < 4.78 is 5.99. The topological polar surface area (TPSA) is 72.0 Å². The number of ether oxygens (including phenoxy) is 1. The van der Waals surface area contributed by atoms with Crippen LogP contribution in [0.2, 0.25) is 0 Å². The Bertz CT molecular complexity index is 672. The van der Waals surface area contributed by atoms with Crippen LogP contribution in [0.3, 0.4) is 0 Å². The van der Waals surface area contributed by atoms with E-state index in [1.807, 2.05) is 12.1 Å². The fourth-order valence-electron chi connectivity index (χ4n) is 2.07. The first-order chi connectivity index (χ1) is 9.77. The number of hydrogen-bond acceptors (Lipinski definition) is 3. The SMILES string of the molecule is Cc1ccc(Oc2ccnc(C(=N)N)c2)c(C(C)(C)C)c1. The van der Waals surface area contributed by atoms with E-state index in [0.29, 0.717) is 11.4 Å². The number of aryl methyl sites for hydroxylation is 1. The zero-order valence-corrected chi connectivity index (χ0v) is 12.9. The molecule has 21 heavy (non-hydrogen) atoms. The second kappa shape index (κ2) is 5.56. The van der Waals surface area contributed by atoms with Crippen molar-refractivity contribution >= 4 is 5.84 Å². The molecular weight excluding hydrogens is 262 g/mol. The Morgan fingerprint density at radius 3 is 2.52 bits per heavy atom. The van der Waals surface area contributed by atoms with Crippen molar-refractivity contribution in [2.24, 2.45) is 5.73 Å². The van der Waals surface area contributed by atoms with Crippen molar-refractivity contribution in [2.75, 3.05) is 0 Å². The Hall–Kier alpha value is -2.36. The van der Waals surface area contributed by atoms with Gasteiger partial charge in [-0.3, -0.25) is 10.4 Å². The number of hydrogen-bond donors (Lipinski definition) is 2. The minimum Gasteiger partial charge on any atom is -0.457 e. The highest BCUT2D eigenvalue weighted by molar-refractivity contribution is 5.93. The molecule has 0 spiro atoms. The Labute approximate surface area is 125 Å². The molecule has 0 aliphatic heterocycles. The lowest BCUT2D eigenvalue weighted by molar-refractivity contribution is 0.454. The third-order valence-corrected chi connectivity index (χ3v) is 3.18. The van der Waals surface area contributed by atoms with Crippen LogP contribution in [0.1, 0.15) is 37.6 Å². The summed E-state index contributed by atoms with van der Waals surface area (Å²) in [6.07, 6.45) is 1.59. The summed E-state index contributed by atoms with van der Waals surface area (Å²) in [5, 5.41) is 7.44. The quantitative estimate of drug-likeness (QED) is 0.665. The van der Waals surface area contributed by atoms with E-state index in [-0.39, 0.29) is 11.3 Å². The van der Waals surface area contributed by atoms with Gasteiger partial charge >= 0.3 is 0 Å². The van der Waals surface area contributed by atoms with Crippen molar-refractivity contribution in [3.63, 3.8) is 0 Å². The van der Waals surface area contributed by atoms with Gasteiger partial charge in [-0.25, -0.2) is 0 Å². The second-order valence-electron chi connectivity index (χ2n) is 6.14. The first-order valence-corrected chi connectivity index (χ1v) is 6.87. The Balaban J connectivity index is 2.40. The molecule has 110 valence electrons. The van der Waals surface area contributed by atoms with Crippen LogP contribution in [0.5, 0.6) is 11.5 Å². The number of pyridine rings is 1. The van der Waals surface area contributed by atoms with Gasteiger partial charge in [0.25, 0.3) is 0 Å². The van der Waals surface area contributed by atoms with E-state index in [0.717, 1.165) is 11.3 Å². The molecule has 0 saturated heterocycles. The molecule has 0 aliphatic rings. The maximum Gasteiger partial charge on any atom is 0.141 e. The molecule has 1 aromatic heterocycles. The summed E-state index contributed by atoms with van der Waals surface area (Å²) in [4.78, 5) is 4.04. The van der Waals surface area contributed by atoms with Gasteiger partial charge in [-0.1, -0.05) is 38.5 Å². The lowest BCUT2D eigenvalue weighted by atomic mass is 9.85. The van der Waals surface area contributed by atoms with Crippen molar-refractivity contribution in [3.05, 3.63) is 53.3 Å². The van der Waals surface area contributed by atoms with Gasteiger partial charge in [0, 0.05) is 17.8 Å². The predicted octanol–water partition coefficient (Wildman–Crippen LogP) is 3.76. The maximum atomic E-state index is 7.44. The molecule has 0 unspecified atom stereocenters. The first kappa shape index (κ1) is 15.0. The standard InChI is InChI=1S/C17H21N3O/c1-11-5-6-15(13(9-11)17(2,3)4)21-12-7-8-20-14(10-12)16(18)19/h5-10H,1-4H3,(H3,18,19). The number of rotatable bonds is 3. The van der Waals surface area contributed by atoms with E-state index in [1.54, 1.807) is 18.3 Å². The van der Waals surface area contributed by atoms with E-state index < -0.39 is 0 Å². The van der Waals surface area contributed by atoms with Crippen molar-refractivity contribution in [1.29, 1.82) is 5.41 Å². The van der Waals surface area contributed by atoms with Crippen molar-refractivity contribution < 1.29 is 4.74 Å². The lowest BCUT2D eigenvalue weighted by Gasteiger charge is -2.23. The molecule has 0 bridgehead atoms. The minimum atomic E-state index is -0.0691. The minimum absolute atomic E-state index is 0.0161. The summed E-state index contributed by atoms with van der Waals surface area (Å²) >= 11 is 0. The van der Waals surface area contributed by atoms with E-state index in [9.17, 15) is 0 Å². The largest absolute Gasteiger partial charge is 0.457 e.